The summed E-state index contributed by atoms with van der Waals surface area (Å²) in [7, 11) is 0. The van der Waals surface area contributed by atoms with Gasteiger partial charge in [0.1, 0.15) is 0 Å². The number of nitrogens with one attached hydrogen (secondary N) is 1. The molecule has 2 heteroatoms. The van der Waals surface area contributed by atoms with Crippen molar-refractivity contribution >= 4 is 0 Å². The van der Waals surface area contributed by atoms with Gasteiger partial charge in [-0.25, -0.2) is 0 Å². The molecule has 0 aromatic rings. The van der Waals surface area contributed by atoms with Crippen molar-refractivity contribution in [1.82, 2.24) is 10.2 Å². The second-order valence-corrected chi connectivity index (χ2v) is 6.55. The molecule has 0 spiro atoms. The molecule has 0 saturated heterocycles. The van der Waals surface area contributed by atoms with Crippen LogP contribution in [-0.2, 0) is 0 Å². The van der Waals surface area contributed by atoms with Crippen molar-refractivity contribution in [2.75, 3.05) is 19.6 Å². The third-order valence-electron chi connectivity index (χ3n) is 3.01. The third kappa shape index (κ3) is 8.62. The normalized spacial score (nSPS) is 14.6. The fourth-order valence-corrected chi connectivity index (χ4v) is 2.18. The third-order valence-corrected chi connectivity index (χ3v) is 3.01. The van der Waals surface area contributed by atoms with E-state index in [-0.39, 0.29) is 5.54 Å². The van der Waals surface area contributed by atoms with E-state index >= 15 is 0 Å². The lowest BCUT2D eigenvalue weighted by Crippen LogP contribution is -2.48. The van der Waals surface area contributed by atoms with Gasteiger partial charge in [-0.1, -0.05) is 34.1 Å². The molecular formula is C15H34N2. The molecule has 0 aliphatic heterocycles. The van der Waals surface area contributed by atoms with E-state index in [2.05, 4.69) is 58.7 Å². The summed E-state index contributed by atoms with van der Waals surface area (Å²) in [5, 5.41) is 3.65. The van der Waals surface area contributed by atoms with E-state index in [1.165, 1.54) is 19.4 Å². The van der Waals surface area contributed by atoms with Gasteiger partial charge in [-0.15, -0.1) is 0 Å². The fourth-order valence-electron chi connectivity index (χ4n) is 2.18. The predicted molar refractivity (Wildman–Crippen MR) is 78.5 cm³/mol. The lowest BCUT2D eigenvalue weighted by molar-refractivity contribution is 0.163. The molecule has 0 aromatic carbocycles. The topological polar surface area (TPSA) is 15.3 Å². The number of hydrogen-bond acceptors (Lipinski definition) is 2. The van der Waals surface area contributed by atoms with Crippen LogP contribution in [0.5, 0.6) is 0 Å². The summed E-state index contributed by atoms with van der Waals surface area (Å²) in [5.74, 6) is 0.754. The van der Waals surface area contributed by atoms with E-state index in [1.807, 2.05) is 0 Å². The zero-order chi connectivity index (χ0) is 13.5. The van der Waals surface area contributed by atoms with Crippen LogP contribution < -0.4 is 5.32 Å². The Kier molecular flexibility index (Phi) is 8.06. The van der Waals surface area contributed by atoms with E-state index < -0.39 is 0 Å². The summed E-state index contributed by atoms with van der Waals surface area (Å²) in [5.41, 5.74) is 0.225. The van der Waals surface area contributed by atoms with Gasteiger partial charge in [0.15, 0.2) is 0 Å². The van der Waals surface area contributed by atoms with Crippen molar-refractivity contribution in [3.05, 3.63) is 0 Å². The van der Waals surface area contributed by atoms with Crippen molar-refractivity contribution in [3.63, 3.8) is 0 Å². The summed E-state index contributed by atoms with van der Waals surface area (Å²) in [6.45, 7) is 19.4. The maximum atomic E-state index is 3.65. The second-order valence-electron chi connectivity index (χ2n) is 6.55. The Morgan fingerprint density at radius 1 is 1.12 bits per heavy atom. The smallest absolute Gasteiger partial charge is 0.0220 e. The van der Waals surface area contributed by atoms with Crippen LogP contribution >= 0.6 is 0 Å². The van der Waals surface area contributed by atoms with Crippen molar-refractivity contribution in [2.45, 2.75) is 72.9 Å². The Hall–Kier alpha value is -0.0800. The largest absolute Gasteiger partial charge is 0.311 e. The Morgan fingerprint density at radius 3 is 2.06 bits per heavy atom. The molecule has 0 fully saturated rings. The van der Waals surface area contributed by atoms with Crippen LogP contribution in [0, 0.1) is 5.92 Å². The summed E-state index contributed by atoms with van der Waals surface area (Å²) < 4.78 is 0. The first-order valence-corrected chi connectivity index (χ1v) is 7.29. The number of rotatable bonds is 8. The van der Waals surface area contributed by atoms with E-state index in [9.17, 15) is 0 Å². The number of likely N-dealkylation sites (N-methyl/N-ethyl adjacent to an activating group) is 1. The lowest BCUT2D eigenvalue weighted by Gasteiger charge is -2.34. The first kappa shape index (κ1) is 16.9. The molecule has 2 nitrogen and oxygen atoms in total. The molecule has 17 heavy (non-hydrogen) atoms. The highest BCUT2D eigenvalue weighted by atomic mass is 15.2. The number of nitrogens with zero attached hydrogens (tertiary/aromatic N) is 1. The Balaban J connectivity index is 4.35. The van der Waals surface area contributed by atoms with E-state index in [0.29, 0.717) is 6.04 Å². The summed E-state index contributed by atoms with van der Waals surface area (Å²) in [6, 6.07) is 0.687. The van der Waals surface area contributed by atoms with E-state index in [4.69, 9.17) is 0 Å². The van der Waals surface area contributed by atoms with Crippen LogP contribution in [0.2, 0.25) is 0 Å². The SMILES string of the molecule is CCCC(CNC(C)(C)C)N(CC)CC(C)C. The number of hydrogen-bond donors (Lipinski definition) is 1. The molecule has 1 unspecified atom stereocenters. The van der Waals surface area contributed by atoms with Crippen LogP contribution in [0.1, 0.15) is 61.3 Å². The molecule has 0 aromatic heterocycles. The maximum Gasteiger partial charge on any atom is 0.0220 e. The van der Waals surface area contributed by atoms with Gasteiger partial charge in [-0.3, -0.25) is 4.90 Å². The zero-order valence-corrected chi connectivity index (χ0v) is 13.1. The highest BCUT2D eigenvalue weighted by Gasteiger charge is 2.19. The van der Waals surface area contributed by atoms with Crippen LogP contribution in [0.15, 0.2) is 0 Å². The van der Waals surface area contributed by atoms with E-state index in [0.717, 1.165) is 19.0 Å². The van der Waals surface area contributed by atoms with E-state index in [1.54, 1.807) is 0 Å². The predicted octanol–water partition coefficient (Wildman–Crippen LogP) is 3.52. The summed E-state index contributed by atoms with van der Waals surface area (Å²) >= 11 is 0. The Labute approximate surface area is 109 Å². The van der Waals surface area contributed by atoms with Crippen molar-refractivity contribution in [3.8, 4) is 0 Å². The zero-order valence-electron chi connectivity index (χ0n) is 13.1. The van der Waals surface area contributed by atoms with Gasteiger partial charge < -0.3 is 5.32 Å². The van der Waals surface area contributed by atoms with Gasteiger partial charge in [0.25, 0.3) is 0 Å². The second kappa shape index (κ2) is 8.10. The highest BCUT2D eigenvalue weighted by Crippen LogP contribution is 2.11. The van der Waals surface area contributed by atoms with Crippen molar-refractivity contribution in [2.24, 2.45) is 5.92 Å². The minimum absolute atomic E-state index is 0.225. The van der Waals surface area contributed by atoms with Crippen LogP contribution in [0.3, 0.4) is 0 Å². The molecule has 1 N–H and O–H groups in total. The highest BCUT2D eigenvalue weighted by molar-refractivity contribution is 4.79. The van der Waals surface area contributed by atoms with Gasteiger partial charge in [0.05, 0.1) is 0 Å². The molecule has 104 valence electrons. The van der Waals surface area contributed by atoms with Gasteiger partial charge in [0, 0.05) is 24.7 Å². The lowest BCUT2D eigenvalue weighted by atomic mass is 10.0. The summed E-state index contributed by atoms with van der Waals surface area (Å²) in [4.78, 5) is 2.63. The Morgan fingerprint density at radius 2 is 1.71 bits per heavy atom. The quantitative estimate of drug-likeness (QED) is 0.700. The average Bonchev–Trinajstić information content (AvgIpc) is 2.19. The molecule has 0 aliphatic rings. The van der Waals surface area contributed by atoms with Gasteiger partial charge >= 0.3 is 0 Å². The fraction of sp³-hybridized carbons (Fsp3) is 1.00. The molecule has 0 bridgehead atoms. The van der Waals surface area contributed by atoms with Crippen LogP contribution in [-0.4, -0.2) is 36.1 Å². The summed E-state index contributed by atoms with van der Waals surface area (Å²) in [6.07, 6.45) is 2.56. The molecule has 0 radical (unpaired) electrons. The monoisotopic (exact) mass is 242 g/mol. The molecule has 0 amide bonds. The van der Waals surface area contributed by atoms with Gasteiger partial charge in [-0.2, -0.15) is 0 Å². The van der Waals surface area contributed by atoms with Gasteiger partial charge in [0.2, 0.25) is 0 Å². The molecular weight excluding hydrogens is 208 g/mol. The molecule has 0 heterocycles. The first-order chi connectivity index (χ1) is 7.80. The Bertz CT molecular complexity index is 182. The van der Waals surface area contributed by atoms with Crippen LogP contribution in [0.4, 0.5) is 0 Å². The molecule has 0 rings (SSSR count). The average molecular weight is 242 g/mol. The van der Waals surface area contributed by atoms with Crippen LogP contribution in [0.25, 0.3) is 0 Å². The first-order valence-electron chi connectivity index (χ1n) is 7.29. The molecule has 0 aliphatic carbocycles. The molecule has 0 saturated carbocycles. The minimum Gasteiger partial charge on any atom is -0.311 e. The molecule has 1 atom stereocenters. The standard InChI is InChI=1S/C15H34N2/c1-8-10-14(11-16-15(5,6)7)17(9-2)12-13(3)4/h13-14,16H,8-12H2,1-7H3. The van der Waals surface area contributed by atoms with Crippen molar-refractivity contribution < 1.29 is 0 Å². The van der Waals surface area contributed by atoms with Gasteiger partial charge in [-0.05, 0) is 39.7 Å². The minimum atomic E-state index is 0.225. The van der Waals surface area contributed by atoms with Crippen molar-refractivity contribution in [1.29, 1.82) is 0 Å². The maximum absolute atomic E-state index is 3.65.